The van der Waals surface area contributed by atoms with Crippen LogP contribution in [0.15, 0.2) is 12.1 Å². The fraction of sp³-hybridized carbons (Fsp3) is 0.571. The van der Waals surface area contributed by atoms with Crippen LogP contribution in [-0.4, -0.2) is 11.0 Å². The Bertz CT molecular complexity index is 463. The standard InChI is InChI=1S/C14H20N4/c1-9-4-3-5-12(10(9)2)17-14-7-6-11(16)13(8-15)18-14/h6-7,9-10,12H,3-5,16H2,1-2H3,(H,17,18). The van der Waals surface area contributed by atoms with E-state index in [1.165, 1.54) is 19.3 Å². The molecule has 96 valence electrons. The minimum Gasteiger partial charge on any atom is -0.396 e. The molecule has 1 saturated carbocycles. The first kappa shape index (κ1) is 12.7. The second kappa shape index (κ2) is 5.26. The van der Waals surface area contributed by atoms with Crippen LogP contribution in [0.2, 0.25) is 0 Å². The predicted molar refractivity (Wildman–Crippen MR) is 73.0 cm³/mol. The van der Waals surface area contributed by atoms with Crippen LogP contribution in [0.5, 0.6) is 0 Å². The highest BCUT2D eigenvalue weighted by atomic mass is 15.0. The van der Waals surface area contributed by atoms with Crippen LogP contribution in [-0.2, 0) is 0 Å². The van der Waals surface area contributed by atoms with Crippen LogP contribution in [0, 0.1) is 23.2 Å². The Labute approximate surface area is 108 Å². The lowest BCUT2D eigenvalue weighted by Gasteiger charge is -2.34. The van der Waals surface area contributed by atoms with E-state index in [-0.39, 0.29) is 0 Å². The summed E-state index contributed by atoms with van der Waals surface area (Å²) in [5.41, 5.74) is 6.41. The van der Waals surface area contributed by atoms with E-state index in [1.54, 1.807) is 6.07 Å². The second-order valence-corrected chi connectivity index (χ2v) is 5.26. The fourth-order valence-corrected chi connectivity index (χ4v) is 2.62. The van der Waals surface area contributed by atoms with Crippen molar-refractivity contribution in [3.05, 3.63) is 17.8 Å². The maximum atomic E-state index is 8.92. The van der Waals surface area contributed by atoms with Crippen molar-refractivity contribution in [3.63, 3.8) is 0 Å². The monoisotopic (exact) mass is 244 g/mol. The van der Waals surface area contributed by atoms with E-state index in [4.69, 9.17) is 11.0 Å². The lowest BCUT2D eigenvalue weighted by molar-refractivity contribution is 0.253. The number of pyridine rings is 1. The van der Waals surface area contributed by atoms with Gasteiger partial charge in [0.15, 0.2) is 5.69 Å². The van der Waals surface area contributed by atoms with E-state index < -0.39 is 0 Å². The van der Waals surface area contributed by atoms with Gasteiger partial charge in [0.05, 0.1) is 5.69 Å². The van der Waals surface area contributed by atoms with Gasteiger partial charge in [0.25, 0.3) is 0 Å². The molecule has 18 heavy (non-hydrogen) atoms. The molecular formula is C14H20N4. The summed E-state index contributed by atoms with van der Waals surface area (Å²) in [6.45, 7) is 4.58. The molecule has 1 aromatic heterocycles. The quantitative estimate of drug-likeness (QED) is 0.838. The molecule has 0 radical (unpaired) electrons. The molecule has 0 aliphatic heterocycles. The molecule has 0 aromatic carbocycles. The Morgan fingerprint density at radius 2 is 2.17 bits per heavy atom. The van der Waals surface area contributed by atoms with Crippen molar-refractivity contribution in [2.24, 2.45) is 11.8 Å². The van der Waals surface area contributed by atoms with E-state index in [2.05, 4.69) is 24.1 Å². The number of nitrogens with two attached hydrogens (primary N) is 1. The minimum absolute atomic E-state index is 0.302. The number of hydrogen-bond acceptors (Lipinski definition) is 4. The molecule has 1 aliphatic rings. The topological polar surface area (TPSA) is 74.7 Å². The number of anilines is 2. The highest BCUT2D eigenvalue weighted by molar-refractivity contribution is 5.54. The van der Waals surface area contributed by atoms with Gasteiger partial charge in [-0.1, -0.05) is 26.7 Å². The van der Waals surface area contributed by atoms with Crippen LogP contribution in [0.4, 0.5) is 11.5 Å². The molecule has 3 unspecified atom stereocenters. The lowest BCUT2D eigenvalue weighted by Crippen LogP contribution is -2.35. The summed E-state index contributed by atoms with van der Waals surface area (Å²) in [4.78, 5) is 4.25. The Hall–Kier alpha value is -1.76. The van der Waals surface area contributed by atoms with Gasteiger partial charge in [0.1, 0.15) is 11.9 Å². The predicted octanol–water partition coefficient (Wildman–Crippen LogP) is 2.77. The third kappa shape index (κ3) is 2.56. The Kier molecular flexibility index (Phi) is 3.71. The maximum Gasteiger partial charge on any atom is 0.165 e. The molecular weight excluding hydrogens is 224 g/mol. The van der Waals surface area contributed by atoms with Crippen LogP contribution in [0.25, 0.3) is 0 Å². The van der Waals surface area contributed by atoms with Crippen LogP contribution < -0.4 is 11.1 Å². The van der Waals surface area contributed by atoms with E-state index in [9.17, 15) is 0 Å². The number of hydrogen-bond donors (Lipinski definition) is 2. The minimum atomic E-state index is 0.302. The van der Waals surface area contributed by atoms with Gasteiger partial charge >= 0.3 is 0 Å². The lowest BCUT2D eigenvalue weighted by atomic mass is 9.78. The molecule has 2 rings (SSSR count). The second-order valence-electron chi connectivity index (χ2n) is 5.26. The van der Waals surface area contributed by atoms with Gasteiger partial charge in [-0.15, -0.1) is 0 Å². The number of nitrogen functional groups attached to an aromatic ring is 1. The first-order valence-electron chi connectivity index (χ1n) is 6.55. The van der Waals surface area contributed by atoms with E-state index in [0.717, 1.165) is 11.7 Å². The number of aromatic nitrogens is 1. The van der Waals surface area contributed by atoms with Gasteiger partial charge in [0, 0.05) is 6.04 Å². The first-order chi connectivity index (χ1) is 8.61. The molecule has 1 fully saturated rings. The molecule has 1 heterocycles. The summed E-state index contributed by atoms with van der Waals surface area (Å²) >= 11 is 0. The zero-order valence-corrected chi connectivity index (χ0v) is 11.0. The zero-order chi connectivity index (χ0) is 13.1. The van der Waals surface area contributed by atoms with Gasteiger partial charge < -0.3 is 11.1 Å². The molecule has 3 N–H and O–H groups in total. The van der Waals surface area contributed by atoms with Gasteiger partial charge in [-0.05, 0) is 30.4 Å². The molecule has 0 amide bonds. The number of rotatable bonds is 2. The van der Waals surface area contributed by atoms with Gasteiger partial charge in [-0.3, -0.25) is 0 Å². The van der Waals surface area contributed by atoms with Crippen molar-refractivity contribution in [1.29, 1.82) is 5.26 Å². The van der Waals surface area contributed by atoms with Crippen molar-refractivity contribution < 1.29 is 0 Å². The van der Waals surface area contributed by atoms with Crippen LogP contribution in [0.3, 0.4) is 0 Å². The SMILES string of the molecule is CC1CCCC(Nc2ccc(N)c(C#N)n2)C1C. The maximum absolute atomic E-state index is 8.92. The molecule has 0 saturated heterocycles. The normalized spacial score (nSPS) is 27.5. The number of nitriles is 1. The molecule has 4 heteroatoms. The molecule has 0 bridgehead atoms. The third-order valence-electron chi connectivity index (χ3n) is 4.07. The number of nitrogens with zero attached hydrogens (tertiary/aromatic N) is 2. The Morgan fingerprint density at radius 3 is 2.89 bits per heavy atom. The summed E-state index contributed by atoms with van der Waals surface area (Å²) in [5.74, 6) is 2.12. The highest BCUT2D eigenvalue weighted by Gasteiger charge is 2.27. The van der Waals surface area contributed by atoms with Crippen molar-refractivity contribution in [2.45, 2.75) is 39.2 Å². The third-order valence-corrected chi connectivity index (χ3v) is 4.07. The van der Waals surface area contributed by atoms with Crippen molar-refractivity contribution in [2.75, 3.05) is 11.1 Å². The Morgan fingerprint density at radius 1 is 1.39 bits per heavy atom. The van der Waals surface area contributed by atoms with Crippen LogP contribution in [0.1, 0.15) is 38.8 Å². The molecule has 4 nitrogen and oxygen atoms in total. The summed E-state index contributed by atoms with van der Waals surface area (Å²) < 4.78 is 0. The number of nitrogens with one attached hydrogen (secondary N) is 1. The molecule has 0 spiro atoms. The summed E-state index contributed by atoms with van der Waals surface area (Å²) in [6.07, 6.45) is 3.72. The molecule has 3 atom stereocenters. The van der Waals surface area contributed by atoms with Crippen molar-refractivity contribution in [1.82, 2.24) is 4.98 Å². The van der Waals surface area contributed by atoms with Gasteiger partial charge in [-0.25, -0.2) is 4.98 Å². The van der Waals surface area contributed by atoms with Crippen molar-refractivity contribution >= 4 is 11.5 Å². The molecule has 1 aliphatic carbocycles. The van der Waals surface area contributed by atoms with E-state index >= 15 is 0 Å². The van der Waals surface area contributed by atoms with Gasteiger partial charge in [0.2, 0.25) is 0 Å². The van der Waals surface area contributed by atoms with Crippen molar-refractivity contribution in [3.8, 4) is 6.07 Å². The van der Waals surface area contributed by atoms with E-state index in [1.807, 2.05) is 12.1 Å². The highest BCUT2D eigenvalue weighted by Crippen LogP contribution is 2.31. The van der Waals surface area contributed by atoms with Crippen LogP contribution >= 0.6 is 0 Å². The molecule has 1 aromatic rings. The summed E-state index contributed by atoms with van der Waals surface area (Å²) in [6, 6.07) is 6.05. The first-order valence-corrected chi connectivity index (χ1v) is 6.55. The average molecular weight is 244 g/mol. The summed E-state index contributed by atoms with van der Waals surface area (Å²) in [7, 11) is 0. The van der Waals surface area contributed by atoms with Gasteiger partial charge in [-0.2, -0.15) is 5.26 Å². The largest absolute Gasteiger partial charge is 0.396 e. The fourth-order valence-electron chi connectivity index (χ4n) is 2.62. The summed E-state index contributed by atoms with van der Waals surface area (Å²) in [5, 5.41) is 12.4. The Balaban J connectivity index is 2.12. The zero-order valence-electron chi connectivity index (χ0n) is 11.0. The smallest absolute Gasteiger partial charge is 0.165 e. The van der Waals surface area contributed by atoms with E-state index in [0.29, 0.717) is 23.3 Å². The average Bonchev–Trinajstić information content (AvgIpc) is 2.37.